The van der Waals surface area contributed by atoms with Gasteiger partial charge < -0.3 is 20.5 Å². The van der Waals surface area contributed by atoms with Crippen LogP contribution in [0.25, 0.3) is 0 Å². The summed E-state index contributed by atoms with van der Waals surface area (Å²) in [6, 6.07) is 0. The van der Waals surface area contributed by atoms with Crippen LogP contribution in [-0.4, -0.2) is 42.3 Å². The number of carboxylic acid groups (broad SMARTS) is 1. The largest absolute Gasteiger partial charge is 0.481 e. The molecule has 0 heterocycles. The van der Waals surface area contributed by atoms with Gasteiger partial charge in [-0.1, -0.05) is 65.0 Å². The predicted octanol–water partition coefficient (Wildman–Crippen LogP) is 6.47. The molecule has 0 saturated heterocycles. The van der Waals surface area contributed by atoms with Crippen molar-refractivity contribution in [2.75, 3.05) is 13.1 Å². The molecular weight excluding hydrogens is 492 g/mol. The van der Waals surface area contributed by atoms with E-state index in [0.29, 0.717) is 5.41 Å². The van der Waals surface area contributed by atoms with Crippen LogP contribution in [0.1, 0.15) is 111 Å². The van der Waals surface area contributed by atoms with E-state index in [4.69, 9.17) is 9.84 Å². The van der Waals surface area contributed by atoms with Crippen molar-refractivity contribution >= 4 is 18.0 Å². The molecule has 7 nitrogen and oxygen atoms in total. The van der Waals surface area contributed by atoms with E-state index >= 15 is 0 Å². The number of carbonyl (C=O) groups is 3. The van der Waals surface area contributed by atoms with E-state index in [9.17, 15) is 14.4 Å². The Kier molecular flexibility index (Phi) is 9.69. The van der Waals surface area contributed by atoms with E-state index in [0.717, 1.165) is 48.9 Å². The van der Waals surface area contributed by atoms with Crippen LogP contribution < -0.4 is 10.6 Å². The number of carboxylic acids is 1. The first kappa shape index (κ1) is 29.9. The van der Waals surface area contributed by atoms with Gasteiger partial charge in [-0.25, -0.2) is 4.79 Å². The van der Waals surface area contributed by atoms with Gasteiger partial charge in [-0.2, -0.15) is 0 Å². The van der Waals surface area contributed by atoms with E-state index in [-0.39, 0.29) is 24.6 Å². The summed E-state index contributed by atoms with van der Waals surface area (Å²) in [5, 5.41) is 13.8. The highest BCUT2D eigenvalue weighted by Crippen LogP contribution is 2.67. The molecule has 3 fully saturated rings. The second-order valence-corrected chi connectivity index (χ2v) is 13.6. The molecule has 39 heavy (non-hydrogen) atoms. The first-order chi connectivity index (χ1) is 18.6. The van der Waals surface area contributed by atoms with Gasteiger partial charge >= 0.3 is 12.1 Å². The maximum Gasteiger partial charge on any atom is 0.407 e. The third-order valence-corrected chi connectivity index (χ3v) is 11.4. The van der Waals surface area contributed by atoms with Crippen molar-refractivity contribution in [1.29, 1.82) is 0 Å². The predicted molar refractivity (Wildman–Crippen MR) is 152 cm³/mol. The topological polar surface area (TPSA) is 105 Å². The summed E-state index contributed by atoms with van der Waals surface area (Å²) < 4.78 is 5.76. The lowest BCUT2D eigenvalue weighted by Crippen LogP contribution is -2.51. The van der Waals surface area contributed by atoms with Crippen LogP contribution in [0.4, 0.5) is 4.79 Å². The summed E-state index contributed by atoms with van der Waals surface area (Å²) in [6.45, 7) is 10.4. The molecular formula is C32H52N2O5. The lowest BCUT2D eigenvalue weighted by molar-refractivity contribution is -0.140. The molecule has 4 rings (SSSR count). The highest BCUT2D eigenvalue weighted by Gasteiger charge is 2.59. The Morgan fingerprint density at radius 2 is 1.82 bits per heavy atom. The Labute approximate surface area is 235 Å². The van der Waals surface area contributed by atoms with Crippen LogP contribution in [0.3, 0.4) is 0 Å². The van der Waals surface area contributed by atoms with E-state index in [1.54, 1.807) is 0 Å². The molecule has 4 aliphatic carbocycles. The number of ether oxygens (including phenoxy) is 1. The molecule has 0 bridgehead atoms. The minimum Gasteiger partial charge on any atom is -0.481 e. The summed E-state index contributed by atoms with van der Waals surface area (Å²) in [6.07, 6.45) is 16.3. The summed E-state index contributed by atoms with van der Waals surface area (Å²) in [4.78, 5) is 34.3. The normalized spacial score (nSPS) is 36.0. The highest BCUT2D eigenvalue weighted by atomic mass is 16.6. The van der Waals surface area contributed by atoms with Gasteiger partial charge in [0.2, 0.25) is 5.91 Å². The fourth-order valence-corrected chi connectivity index (χ4v) is 9.38. The number of hydrogen-bond acceptors (Lipinski definition) is 4. The number of alkyl carbamates (subject to hydrolysis) is 1. The first-order valence-corrected chi connectivity index (χ1v) is 15.7. The highest BCUT2D eigenvalue weighted by molar-refractivity contribution is 5.93. The van der Waals surface area contributed by atoms with Crippen LogP contribution in [0.15, 0.2) is 11.6 Å². The zero-order chi connectivity index (χ0) is 28.2. The Balaban J connectivity index is 1.30. The lowest BCUT2D eigenvalue weighted by Gasteiger charge is -2.58. The quantitative estimate of drug-likeness (QED) is 0.157. The van der Waals surface area contributed by atoms with E-state index in [1.165, 1.54) is 63.4 Å². The number of rotatable bonds is 11. The van der Waals surface area contributed by atoms with Crippen LogP contribution in [0, 0.1) is 40.4 Å². The average Bonchev–Trinajstić information content (AvgIpc) is 3.24. The van der Waals surface area contributed by atoms with Gasteiger partial charge in [-0.3, -0.25) is 9.59 Å². The molecule has 7 heteroatoms. The molecule has 0 aromatic heterocycles. The van der Waals surface area contributed by atoms with Gasteiger partial charge in [0.1, 0.15) is 12.5 Å². The summed E-state index contributed by atoms with van der Waals surface area (Å²) in [5.74, 6) is 2.37. The molecule has 0 spiro atoms. The van der Waals surface area contributed by atoms with Gasteiger partial charge in [-0.15, -0.1) is 0 Å². The molecule has 0 aromatic rings. The number of hydrogen-bond donors (Lipinski definition) is 3. The standard InChI is InChI=1S/C32H52N2O5/c1-5-6-7-8-21(2)25-11-12-26-24-10-9-22-19-23(13-15-31(22,3)27(24)14-16-32(25,26)4)39-30(38)34-18-17-33-28(35)20-29(36)37/h9,21,23-27H,5-8,10-20H2,1-4H3,(H,33,35)(H,34,38)(H,36,37)/t21-,23+,24+,25?,26?,27?,31+,32-/m1/s1. The molecule has 0 radical (unpaired) electrons. The zero-order valence-electron chi connectivity index (χ0n) is 24.7. The van der Waals surface area contributed by atoms with E-state index in [1.807, 2.05) is 0 Å². The van der Waals surface area contributed by atoms with Crippen LogP contribution in [-0.2, 0) is 14.3 Å². The average molecular weight is 545 g/mol. The fourth-order valence-electron chi connectivity index (χ4n) is 9.38. The number of carbonyl (C=O) groups excluding carboxylic acids is 2. The molecule has 3 saturated carbocycles. The minimum absolute atomic E-state index is 0.115. The number of fused-ring (bicyclic) bond motifs is 5. The van der Waals surface area contributed by atoms with Crippen LogP contribution in [0.5, 0.6) is 0 Å². The van der Waals surface area contributed by atoms with E-state index < -0.39 is 24.4 Å². The Hall–Kier alpha value is -2.05. The van der Waals surface area contributed by atoms with Gasteiger partial charge in [0.15, 0.2) is 0 Å². The summed E-state index contributed by atoms with van der Waals surface area (Å²) >= 11 is 0. The first-order valence-electron chi connectivity index (χ1n) is 15.7. The molecule has 0 aromatic carbocycles. The van der Waals surface area contributed by atoms with Gasteiger partial charge in [0.05, 0.1) is 0 Å². The van der Waals surface area contributed by atoms with Crippen molar-refractivity contribution in [1.82, 2.24) is 10.6 Å². The smallest absolute Gasteiger partial charge is 0.407 e. The van der Waals surface area contributed by atoms with Gasteiger partial charge in [0.25, 0.3) is 0 Å². The van der Waals surface area contributed by atoms with Crippen molar-refractivity contribution in [3.63, 3.8) is 0 Å². The summed E-state index contributed by atoms with van der Waals surface area (Å²) in [7, 11) is 0. The van der Waals surface area contributed by atoms with Crippen molar-refractivity contribution in [3.05, 3.63) is 11.6 Å². The van der Waals surface area contributed by atoms with Gasteiger partial charge in [0, 0.05) is 19.5 Å². The van der Waals surface area contributed by atoms with Crippen LogP contribution >= 0.6 is 0 Å². The lowest BCUT2D eigenvalue weighted by atomic mass is 9.47. The minimum atomic E-state index is -1.17. The number of aliphatic carboxylic acids is 1. The number of amides is 2. The van der Waals surface area contributed by atoms with Gasteiger partial charge in [-0.05, 0) is 85.4 Å². The van der Waals surface area contributed by atoms with E-state index in [2.05, 4.69) is 44.4 Å². The number of allylic oxidation sites excluding steroid dienone is 1. The maximum absolute atomic E-state index is 12.4. The molecule has 0 aliphatic heterocycles. The van der Waals surface area contributed by atoms with Crippen molar-refractivity contribution in [2.45, 2.75) is 117 Å². The number of unbranched alkanes of at least 4 members (excludes halogenated alkanes) is 2. The third-order valence-electron chi connectivity index (χ3n) is 11.4. The summed E-state index contributed by atoms with van der Waals surface area (Å²) in [5.41, 5.74) is 2.22. The molecule has 4 aliphatic rings. The fraction of sp³-hybridized carbons (Fsp3) is 0.844. The molecule has 2 amide bonds. The van der Waals surface area contributed by atoms with Crippen molar-refractivity contribution in [3.8, 4) is 0 Å². The second-order valence-electron chi connectivity index (χ2n) is 13.6. The maximum atomic E-state index is 12.4. The SMILES string of the molecule is CCCCC[C@@H](C)C1CCC2[C@@H]3CC=C4C[C@@H](OC(=O)NCCNC(=O)CC(=O)O)CC[C@]4(C)C3CC[C@@]21C. The zero-order valence-corrected chi connectivity index (χ0v) is 24.7. The molecule has 3 unspecified atom stereocenters. The number of nitrogens with one attached hydrogen (secondary N) is 2. The van der Waals surface area contributed by atoms with Crippen molar-refractivity contribution < 1.29 is 24.2 Å². The monoisotopic (exact) mass is 544 g/mol. The molecule has 8 atom stereocenters. The molecule has 220 valence electrons. The second kappa shape index (κ2) is 12.6. The molecule has 3 N–H and O–H groups in total. The van der Waals surface area contributed by atoms with Crippen LogP contribution in [0.2, 0.25) is 0 Å². The Morgan fingerprint density at radius 3 is 2.56 bits per heavy atom. The Morgan fingerprint density at radius 1 is 1.05 bits per heavy atom. The third kappa shape index (κ3) is 6.48. The van der Waals surface area contributed by atoms with Crippen molar-refractivity contribution in [2.24, 2.45) is 40.4 Å². The Bertz CT molecular complexity index is 934.